The summed E-state index contributed by atoms with van der Waals surface area (Å²) >= 11 is 1.03. The summed E-state index contributed by atoms with van der Waals surface area (Å²) in [5.74, 6) is -0.263. The van der Waals surface area contributed by atoms with E-state index >= 15 is 0 Å². The number of thiazole rings is 1. The molecule has 9 heteroatoms. The first-order valence-corrected chi connectivity index (χ1v) is 7.82. The van der Waals surface area contributed by atoms with Gasteiger partial charge in [0.1, 0.15) is 6.54 Å². The first kappa shape index (κ1) is 17.9. The molecule has 0 fully saturated rings. The van der Waals surface area contributed by atoms with E-state index < -0.39 is 6.61 Å². The van der Waals surface area contributed by atoms with Gasteiger partial charge in [0.25, 0.3) is 0 Å². The first-order chi connectivity index (χ1) is 11.4. The molecule has 130 valence electrons. The second kappa shape index (κ2) is 7.91. The fraction of sp³-hybridized carbons (Fsp3) is 0.333. The minimum absolute atomic E-state index is 0.0715. The number of benzene rings is 1. The van der Waals surface area contributed by atoms with Crippen molar-refractivity contribution in [3.05, 3.63) is 44.5 Å². The second-order valence-electron chi connectivity index (χ2n) is 4.87. The van der Waals surface area contributed by atoms with Crippen LogP contribution in [0.1, 0.15) is 11.3 Å². The molecule has 6 nitrogen and oxygen atoms in total. The standard InChI is InChI=1S/C15H16F2N2O4S/c1-9-8-24-15(21)19(9)7-13(20)18-6-10-3-4-11(23-14(16)17)12(5-10)22-2/h3-5,8,14H,6-7H2,1-2H3,(H,18,20). The molecule has 2 rings (SSSR count). The zero-order valence-electron chi connectivity index (χ0n) is 13.0. The lowest BCUT2D eigenvalue weighted by Crippen LogP contribution is -2.30. The number of aryl methyl sites for hydroxylation is 1. The minimum Gasteiger partial charge on any atom is -0.493 e. The predicted octanol–water partition coefficient (Wildman–Crippen LogP) is 2.14. The molecule has 1 N–H and O–H groups in total. The lowest BCUT2D eigenvalue weighted by Gasteiger charge is -2.12. The highest BCUT2D eigenvalue weighted by molar-refractivity contribution is 7.07. The Balaban J connectivity index is 1.98. The van der Waals surface area contributed by atoms with Crippen molar-refractivity contribution in [1.82, 2.24) is 9.88 Å². The number of methoxy groups -OCH3 is 1. The van der Waals surface area contributed by atoms with Crippen LogP contribution in [0.3, 0.4) is 0 Å². The smallest absolute Gasteiger partial charge is 0.387 e. The first-order valence-electron chi connectivity index (χ1n) is 6.94. The Morgan fingerprint density at radius 3 is 2.71 bits per heavy atom. The molecular weight excluding hydrogens is 342 g/mol. The summed E-state index contributed by atoms with van der Waals surface area (Å²) in [6.45, 7) is -1.10. The van der Waals surface area contributed by atoms with Gasteiger partial charge in [-0.1, -0.05) is 17.4 Å². The van der Waals surface area contributed by atoms with Crippen LogP contribution in [-0.2, 0) is 17.9 Å². The van der Waals surface area contributed by atoms with Crippen molar-refractivity contribution in [2.75, 3.05) is 7.11 Å². The monoisotopic (exact) mass is 358 g/mol. The van der Waals surface area contributed by atoms with Gasteiger partial charge in [-0.25, -0.2) is 0 Å². The van der Waals surface area contributed by atoms with Gasteiger partial charge in [0, 0.05) is 17.6 Å². The maximum Gasteiger partial charge on any atom is 0.387 e. The number of aromatic nitrogens is 1. The Bertz CT molecular complexity index is 773. The van der Waals surface area contributed by atoms with Gasteiger partial charge in [-0.2, -0.15) is 8.78 Å². The number of nitrogens with one attached hydrogen (secondary N) is 1. The molecular formula is C15H16F2N2O4S. The molecule has 1 amide bonds. The number of halogens is 2. The van der Waals surface area contributed by atoms with Crippen molar-refractivity contribution in [3.8, 4) is 11.5 Å². The number of hydrogen-bond donors (Lipinski definition) is 1. The number of ether oxygens (including phenoxy) is 2. The van der Waals surface area contributed by atoms with E-state index in [1.165, 1.54) is 23.8 Å². The molecule has 0 radical (unpaired) electrons. The number of hydrogen-bond acceptors (Lipinski definition) is 5. The van der Waals surface area contributed by atoms with Crippen LogP contribution in [0, 0.1) is 6.92 Å². The third-order valence-electron chi connectivity index (χ3n) is 3.21. The molecule has 0 spiro atoms. The maximum atomic E-state index is 12.3. The third kappa shape index (κ3) is 4.54. The molecule has 0 bridgehead atoms. The number of rotatable bonds is 7. The van der Waals surface area contributed by atoms with Crippen molar-refractivity contribution in [3.63, 3.8) is 0 Å². The fourth-order valence-corrected chi connectivity index (χ4v) is 2.75. The van der Waals surface area contributed by atoms with Gasteiger partial charge < -0.3 is 14.8 Å². The molecule has 1 aromatic heterocycles. The van der Waals surface area contributed by atoms with Crippen LogP contribution in [-0.4, -0.2) is 24.2 Å². The molecule has 0 aliphatic heterocycles. The lowest BCUT2D eigenvalue weighted by molar-refractivity contribution is -0.121. The fourth-order valence-electron chi connectivity index (χ4n) is 2.01. The van der Waals surface area contributed by atoms with E-state index in [1.807, 2.05) is 0 Å². The number of carbonyl (C=O) groups excluding carboxylic acids is 1. The number of nitrogens with zero attached hydrogens (tertiary/aromatic N) is 1. The van der Waals surface area contributed by atoms with Gasteiger partial charge in [-0.05, 0) is 24.6 Å². The van der Waals surface area contributed by atoms with Gasteiger partial charge in [-0.3, -0.25) is 14.2 Å². The highest BCUT2D eigenvalue weighted by Gasteiger charge is 2.12. The second-order valence-corrected chi connectivity index (χ2v) is 5.69. The quantitative estimate of drug-likeness (QED) is 0.823. The van der Waals surface area contributed by atoms with Crippen LogP contribution in [0.15, 0.2) is 28.4 Å². The minimum atomic E-state index is -2.95. The van der Waals surface area contributed by atoms with E-state index in [2.05, 4.69) is 10.1 Å². The molecule has 24 heavy (non-hydrogen) atoms. The van der Waals surface area contributed by atoms with Crippen LogP contribution in [0.2, 0.25) is 0 Å². The van der Waals surface area contributed by atoms with E-state index in [4.69, 9.17) is 4.74 Å². The number of carbonyl (C=O) groups is 1. The van der Waals surface area contributed by atoms with Crippen LogP contribution in [0.5, 0.6) is 11.5 Å². The zero-order valence-corrected chi connectivity index (χ0v) is 13.9. The van der Waals surface area contributed by atoms with Gasteiger partial charge >= 0.3 is 11.5 Å². The Labute approximate surface area is 140 Å². The number of alkyl halides is 2. The van der Waals surface area contributed by atoms with E-state index in [0.717, 1.165) is 17.0 Å². The van der Waals surface area contributed by atoms with Crippen molar-refractivity contribution >= 4 is 17.2 Å². The Morgan fingerprint density at radius 2 is 2.12 bits per heavy atom. The highest BCUT2D eigenvalue weighted by atomic mass is 32.1. The predicted molar refractivity (Wildman–Crippen MR) is 84.8 cm³/mol. The Hall–Kier alpha value is -2.42. The van der Waals surface area contributed by atoms with Crippen LogP contribution < -0.4 is 19.7 Å². The van der Waals surface area contributed by atoms with Crippen LogP contribution in [0.4, 0.5) is 8.78 Å². The summed E-state index contributed by atoms with van der Waals surface area (Å²) < 4.78 is 35.3. The van der Waals surface area contributed by atoms with Gasteiger partial charge in [0.2, 0.25) is 5.91 Å². The molecule has 0 aliphatic carbocycles. The van der Waals surface area contributed by atoms with Crippen molar-refractivity contribution in [2.24, 2.45) is 0 Å². The summed E-state index contributed by atoms with van der Waals surface area (Å²) in [6.07, 6.45) is 0. The van der Waals surface area contributed by atoms with Gasteiger partial charge in [0.05, 0.1) is 7.11 Å². The molecule has 0 atom stereocenters. The zero-order chi connectivity index (χ0) is 17.7. The largest absolute Gasteiger partial charge is 0.493 e. The van der Waals surface area contributed by atoms with E-state index in [1.54, 1.807) is 18.4 Å². The van der Waals surface area contributed by atoms with E-state index in [0.29, 0.717) is 5.56 Å². The molecule has 0 unspecified atom stereocenters. The SMILES string of the molecule is COc1cc(CNC(=O)Cn2c(C)csc2=O)ccc1OC(F)F. The molecule has 0 aliphatic rings. The van der Waals surface area contributed by atoms with Crippen molar-refractivity contribution in [1.29, 1.82) is 0 Å². The molecule has 1 heterocycles. The Morgan fingerprint density at radius 1 is 1.38 bits per heavy atom. The molecule has 1 aromatic carbocycles. The molecule has 0 saturated carbocycles. The summed E-state index contributed by atoms with van der Waals surface area (Å²) in [6, 6.07) is 4.39. The number of amides is 1. The summed E-state index contributed by atoms with van der Waals surface area (Å²) in [5, 5.41) is 4.35. The topological polar surface area (TPSA) is 69.6 Å². The van der Waals surface area contributed by atoms with Crippen molar-refractivity contribution < 1.29 is 23.0 Å². The van der Waals surface area contributed by atoms with Gasteiger partial charge in [0.15, 0.2) is 11.5 Å². The average Bonchev–Trinajstić information content (AvgIpc) is 2.85. The Kier molecular flexibility index (Phi) is 5.91. The van der Waals surface area contributed by atoms with Crippen LogP contribution in [0.25, 0.3) is 0 Å². The summed E-state index contributed by atoms with van der Waals surface area (Å²) in [5.41, 5.74) is 1.37. The molecule has 2 aromatic rings. The van der Waals surface area contributed by atoms with E-state index in [9.17, 15) is 18.4 Å². The summed E-state index contributed by atoms with van der Waals surface area (Å²) in [7, 11) is 1.34. The highest BCUT2D eigenvalue weighted by Crippen LogP contribution is 2.29. The lowest BCUT2D eigenvalue weighted by atomic mass is 10.2. The molecule has 0 saturated heterocycles. The average molecular weight is 358 g/mol. The third-order valence-corrected chi connectivity index (χ3v) is 4.09. The van der Waals surface area contributed by atoms with Crippen molar-refractivity contribution in [2.45, 2.75) is 26.6 Å². The van der Waals surface area contributed by atoms with Crippen LogP contribution >= 0.6 is 11.3 Å². The van der Waals surface area contributed by atoms with E-state index in [-0.39, 0.29) is 35.4 Å². The normalized spacial score (nSPS) is 10.7. The summed E-state index contributed by atoms with van der Waals surface area (Å²) in [4.78, 5) is 23.3. The maximum absolute atomic E-state index is 12.3. The van der Waals surface area contributed by atoms with Gasteiger partial charge in [-0.15, -0.1) is 0 Å².